The molecule has 0 atom stereocenters. The van der Waals surface area contributed by atoms with E-state index in [2.05, 4.69) is 38.5 Å². The minimum absolute atomic E-state index is 0.0755. The molecule has 0 aromatic carbocycles. The van der Waals surface area contributed by atoms with Crippen LogP contribution < -0.4 is 31.9 Å². The fourth-order valence-corrected chi connectivity index (χ4v) is 5.08. The van der Waals surface area contributed by atoms with Gasteiger partial charge in [0.15, 0.2) is 0 Å². The van der Waals surface area contributed by atoms with E-state index in [4.69, 9.17) is 33.2 Å². The Morgan fingerprint density at radius 1 is 0.356 bits per heavy atom. The molecule has 0 rings (SSSR count). The first kappa shape index (κ1) is 55.6. The minimum Gasteiger partial charge on any atom is -0.498 e. The third kappa shape index (κ3) is 30.3. The van der Waals surface area contributed by atoms with Gasteiger partial charge in [-0.15, -0.1) is 0 Å². The fraction of sp³-hybridized carbons (Fsp3) is 0.829. The predicted molar refractivity (Wildman–Crippen MR) is 225 cm³/mol. The van der Waals surface area contributed by atoms with Crippen molar-refractivity contribution in [3.05, 3.63) is 12.3 Å². The second kappa shape index (κ2) is 36.5. The predicted octanol–water partition coefficient (Wildman–Crippen LogP) is 1.22. The average molecular weight is 847 g/mol. The van der Waals surface area contributed by atoms with Crippen LogP contribution >= 0.6 is 0 Å². The van der Waals surface area contributed by atoms with Gasteiger partial charge in [0.05, 0.1) is 61.9 Å². The Balaban J connectivity index is 6.76. The third-order valence-corrected chi connectivity index (χ3v) is 8.71. The molecule has 18 nitrogen and oxygen atoms in total. The van der Waals surface area contributed by atoms with Crippen molar-refractivity contribution in [2.75, 3.05) is 131 Å². The van der Waals surface area contributed by atoms with Gasteiger partial charge in [0.25, 0.3) is 0 Å². The van der Waals surface area contributed by atoms with Gasteiger partial charge < -0.3 is 65.1 Å². The monoisotopic (exact) mass is 847 g/mol. The maximum atomic E-state index is 12.9. The summed E-state index contributed by atoms with van der Waals surface area (Å²) >= 11 is 0. The molecule has 59 heavy (non-hydrogen) atoms. The number of rotatable bonds is 41. The summed E-state index contributed by atoms with van der Waals surface area (Å²) in [5, 5.41) is 18.7. The fourth-order valence-electron chi connectivity index (χ4n) is 5.08. The van der Waals surface area contributed by atoms with E-state index in [1.165, 1.54) is 0 Å². The van der Waals surface area contributed by atoms with Crippen LogP contribution in [-0.4, -0.2) is 161 Å². The van der Waals surface area contributed by atoms with E-state index in [1.807, 2.05) is 41.5 Å². The summed E-state index contributed by atoms with van der Waals surface area (Å²) in [4.78, 5) is 64.5. The van der Waals surface area contributed by atoms with Crippen molar-refractivity contribution in [3.63, 3.8) is 0 Å². The molecule has 0 aromatic rings. The van der Waals surface area contributed by atoms with Crippen molar-refractivity contribution in [3.8, 4) is 0 Å². The van der Waals surface area contributed by atoms with Gasteiger partial charge in [-0.05, 0) is 39.3 Å². The molecule has 0 fully saturated rings. The lowest BCUT2D eigenvalue weighted by molar-refractivity contribution is -0.172. The quantitative estimate of drug-likeness (QED) is 0.0220. The number of nitrogens with one attached hydrogen (secondary N) is 6. The number of ether oxygens (including phenoxy) is 7. The molecule has 0 radical (unpaired) electrons. The van der Waals surface area contributed by atoms with Crippen LogP contribution in [0.2, 0.25) is 0 Å². The molecule has 0 saturated carbocycles. The zero-order valence-corrected chi connectivity index (χ0v) is 37.0. The molecule has 0 unspecified atom stereocenters. The molecule has 18 heteroatoms. The molecule has 6 N–H and O–H groups in total. The number of esters is 5. The van der Waals surface area contributed by atoms with E-state index in [0.29, 0.717) is 84.2 Å². The first-order valence-electron chi connectivity index (χ1n) is 21.3. The summed E-state index contributed by atoms with van der Waals surface area (Å²) < 4.78 is 41.2. The average Bonchev–Trinajstić information content (AvgIpc) is 3.22. The lowest BCUT2D eigenvalue weighted by Crippen LogP contribution is -2.47. The van der Waals surface area contributed by atoms with Crippen molar-refractivity contribution in [2.45, 2.75) is 80.1 Å². The largest absolute Gasteiger partial charge is 0.498 e. The molecule has 0 aliphatic carbocycles. The van der Waals surface area contributed by atoms with E-state index < -0.39 is 40.7 Å². The highest BCUT2D eigenvalue weighted by atomic mass is 16.6. The Labute approximate surface area is 353 Å². The van der Waals surface area contributed by atoms with E-state index >= 15 is 0 Å². The van der Waals surface area contributed by atoms with Gasteiger partial charge in [-0.2, -0.15) is 0 Å². The third-order valence-electron chi connectivity index (χ3n) is 8.71. The van der Waals surface area contributed by atoms with Crippen molar-refractivity contribution in [2.24, 2.45) is 10.8 Å². The molecule has 0 spiro atoms. The smallest absolute Gasteiger partial charge is 0.307 e. The summed E-state index contributed by atoms with van der Waals surface area (Å²) in [5.41, 5.74) is -2.61. The van der Waals surface area contributed by atoms with Gasteiger partial charge >= 0.3 is 29.8 Å². The topological polar surface area (TPSA) is 222 Å². The lowest BCUT2D eigenvalue weighted by atomic mass is 9.90. The van der Waals surface area contributed by atoms with Crippen LogP contribution in [-0.2, 0) is 57.1 Å². The molecule has 344 valence electrons. The molecule has 0 saturated heterocycles. The van der Waals surface area contributed by atoms with Crippen molar-refractivity contribution >= 4 is 29.8 Å². The first-order chi connectivity index (χ1) is 28.4. The summed E-state index contributed by atoms with van der Waals surface area (Å²) in [6, 6.07) is 0. The van der Waals surface area contributed by atoms with Crippen LogP contribution in [0.4, 0.5) is 0 Å². The van der Waals surface area contributed by atoms with Crippen LogP contribution in [0.25, 0.3) is 0 Å². The summed E-state index contributed by atoms with van der Waals surface area (Å²) in [6.07, 6.45) is 0.925. The van der Waals surface area contributed by atoms with Gasteiger partial charge in [0.2, 0.25) is 0 Å². The molecular formula is C41H78N6O12. The molecule has 0 aliphatic rings. The Morgan fingerprint density at radius 2 is 0.576 bits per heavy atom. The zero-order chi connectivity index (χ0) is 44.0. The van der Waals surface area contributed by atoms with Crippen molar-refractivity contribution in [1.82, 2.24) is 31.9 Å². The van der Waals surface area contributed by atoms with Gasteiger partial charge in [-0.1, -0.05) is 48.1 Å². The number of carbonyl (C=O) groups is 5. The summed E-state index contributed by atoms with van der Waals surface area (Å²) in [5.74, 6) is -2.04. The van der Waals surface area contributed by atoms with Crippen LogP contribution in [0.3, 0.4) is 0 Å². The van der Waals surface area contributed by atoms with Crippen LogP contribution in [0.15, 0.2) is 12.3 Å². The molecule has 0 heterocycles. The van der Waals surface area contributed by atoms with Gasteiger partial charge in [-0.3, -0.25) is 24.0 Å². The summed E-state index contributed by atoms with van der Waals surface area (Å²) in [7, 11) is 0. The number of carbonyl (C=O) groups excluding carboxylic acids is 5. The highest BCUT2D eigenvalue weighted by Gasteiger charge is 2.40. The van der Waals surface area contributed by atoms with E-state index in [-0.39, 0.29) is 85.0 Å². The van der Waals surface area contributed by atoms with Crippen molar-refractivity contribution < 1.29 is 57.1 Å². The minimum atomic E-state index is -1.36. The Kier molecular flexibility index (Phi) is 34.4. The lowest BCUT2D eigenvalue weighted by Gasteiger charge is -2.36. The first-order valence-corrected chi connectivity index (χ1v) is 21.3. The Morgan fingerprint density at radius 3 is 0.814 bits per heavy atom. The van der Waals surface area contributed by atoms with Gasteiger partial charge in [0.1, 0.15) is 39.6 Å². The molecule has 0 aromatic heterocycles. The normalized spacial score (nSPS) is 11.5. The van der Waals surface area contributed by atoms with Crippen LogP contribution in [0.5, 0.6) is 0 Å². The molecule has 0 aliphatic heterocycles. The van der Waals surface area contributed by atoms with Crippen LogP contribution in [0.1, 0.15) is 80.1 Å². The molecular weight excluding hydrogens is 768 g/mol. The highest BCUT2D eigenvalue weighted by Crippen LogP contribution is 2.27. The van der Waals surface area contributed by atoms with Gasteiger partial charge in [0, 0.05) is 45.7 Å². The highest BCUT2D eigenvalue weighted by molar-refractivity contribution is 5.71. The van der Waals surface area contributed by atoms with Crippen LogP contribution in [0, 0.1) is 10.8 Å². The van der Waals surface area contributed by atoms with E-state index in [9.17, 15) is 24.0 Å². The Hall–Kier alpha value is -3.39. The van der Waals surface area contributed by atoms with Crippen molar-refractivity contribution in [1.29, 1.82) is 0 Å². The van der Waals surface area contributed by atoms with E-state index in [1.54, 1.807) is 0 Å². The number of hydrogen-bond donors (Lipinski definition) is 6. The second-order valence-electron chi connectivity index (χ2n) is 14.2. The second-order valence-corrected chi connectivity index (χ2v) is 14.2. The number of hydrogen-bond acceptors (Lipinski definition) is 18. The standard InChI is InChI=1S/C41H78N6O12/c1-8-42-20-14-34(7)54-28-40(29-55-35(48)15-21-43-9-2,30-56-36(49)16-22-44-10-3)26-53-27-41(31-57-37(50)17-23-45-11-4,32-58-38(51)18-24-46-12-5)33-59-39(52)19-25-47-13-6/h42-47H,7-33H2,1-6H3. The maximum absolute atomic E-state index is 12.9. The maximum Gasteiger partial charge on any atom is 0.307 e. The molecule has 0 amide bonds. The Bertz CT molecular complexity index is 947. The zero-order valence-electron chi connectivity index (χ0n) is 37.0. The van der Waals surface area contributed by atoms with E-state index in [0.717, 1.165) is 6.54 Å². The van der Waals surface area contributed by atoms with Gasteiger partial charge in [-0.25, -0.2) is 0 Å². The SMILES string of the molecule is C=C(CCNCC)OCC(COCC(COC(=O)CCNCC)(COC(=O)CCNCC)COC(=O)CCNCC)(COC(=O)CCNCC)COC(=O)CCNCC. The molecule has 0 bridgehead atoms. The summed E-state index contributed by atoms with van der Waals surface area (Å²) in [6.45, 7) is 20.4.